The monoisotopic (exact) mass is 301 g/mol. The van der Waals surface area contributed by atoms with Gasteiger partial charge in [-0.2, -0.15) is 0 Å². The second-order valence-electron chi connectivity index (χ2n) is 3.55. The maximum atomic E-state index is 12.1. The number of aryl methyl sites for hydroxylation is 1. The number of hydrogen-bond acceptors (Lipinski definition) is 4. The number of alkyl halides is 2. The molecule has 0 spiro atoms. The topological polar surface area (TPSA) is 67.6 Å². The average molecular weight is 302 g/mol. The second kappa shape index (κ2) is 5.23. The highest BCUT2D eigenvalue weighted by atomic mass is 35.7. The zero-order valence-electron chi connectivity index (χ0n) is 9.48. The molecule has 0 radical (unpaired) electrons. The molecule has 0 aromatic carbocycles. The van der Waals surface area contributed by atoms with Crippen LogP contribution in [0.4, 0.5) is 8.78 Å². The molecule has 0 N–H and O–H groups in total. The van der Waals surface area contributed by atoms with Crippen LogP contribution >= 0.6 is 10.7 Å². The van der Waals surface area contributed by atoms with Gasteiger partial charge in [-0.25, -0.2) is 17.2 Å². The Balaban J connectivity index is 3.02. The second-order valence-corrected chi connectivity index (χ2v) is 6.08. The van der Waals surface area contributed by atoms with Crippen molar-refractivity contribution in [3.05, 3.63) is 17.6 Å². The third-order valence-corrected chi connectivity index (χ3v) is 3.53. The molecule has 18 heavy (non-hydrogen) atoms. The van der Waals surface area contributed by atoms with Gasteiger partial charge in [-0.3, -0.25) is 4.79 Å². The van der Waals surface area contributed by atoms with Crippen LogP contribution < -0.4 is 0 Å². The smallest absolute Gasteiger partial charge is 0.289 e. The molecule has 0 saturated carbocycles. The van der Waals surface area contributed by atoms with Crippen molar-refractivity contribution in [2.24, 2.45) is 0 Å². The molecule has 0 unspecified atom stereocenters. The number of nitrogens with zero attached hydrogens (tertiary/aromatic N) is 1. The number of carbonyl (C=O) groups excluding carboxylic acids is 1. The molecule has 102 valence electrons. The van der Waals surface area contributed by atoms with E-state index in [1.807, 2.05) is 0 Å². The number of halogens is 3. The van der Waals surface area contributed by atoms with Crippen molar-refractivity contribution in [3.63, 3.8) is 0 Å². The molecule has 1 amide bonds. The lowest BCUT2D eigenvalue weighted by Crippen LogP contribution is -2.30. The minimum atomic E-state index is -4.04. The van der Waals surface area contributed by atoms with Crippen molar-refractivity contribution >= 4 is 25.6 Å². The van der Waals surface area contributed by atoms with Gasteiger partial charge in [0.15, 0.2) is 5.76 Å². The number of rotatable bonds is 4. The van der Waals surface area contributed by atoms with Gasteiger partial charge >= 0.3 is 0 Å². The van der Waals surface area contributed by atoms with Gasteiger partial charge in [0, 0.05) is 23.8 Å². The summed E-state index contributed by atoms with van der Waals surface area (Å²) in [7, 11) is 2.23. The van der Waals surface area contributed by atoms with E-state index in [9.17, 15) is 22.0 Å². The first-order valence-electron chi connectivity index (χ1n) is 4.71. The molecule has 0 saturated heterocycles. The molecule has 1 aromatic rings. The third kappa shape index (κ3) is 3.42. The predicted molar refractivity (Wildman–Crippen MR) is 59.4 cm³/mol. The third-order valence-electron chi connectivity index (χ3n) is 2.10. The number of carbonyl (C=O) groups is 1. The maximum absolute atomic E-state index is 12.1. The molecule has 1 rings (SSSR count). The summed E-state index contributed by atoms with van der Waals surface area (Å²) in [4.78, 5) is 12.0. The molecule has 1 heterocycles. The number of furan rings is 1. The van der Waals surface area contributed by atoms with Crippen LogP contribution in [-0.2, 0) is 9.05 Å². The summed E-state index contributed by atoms with van der Waals surface area (Å²) >= 11 is 0. The highest BCUT2D eigenvalue weighted by molar-refractivity contribution is 8.13. The van der Waals surface area contributed by atoms with E-state index in [1.165, 1.54) is 6.92 Å². The van der Waals surface area contributed by atoms with E-state index < -0.39 is 27.9 Å². The van der Waals surface area contributed by atoms with E-state index in [2.05, 4.69) is 0 Å². The normalized spacial score (nSPS) is 11.9. The molecule has 1 aromatic heterocycles. The first kappa shape index (κ1) is 14.9. The maximum Gasteiger partial charge on any atom is 0.289 e. The zero-order valence-corrected chi connectivity index (χ0v) is 11.1. The van der Waals surface area contributed by atoms with Crippen molar-refractivity contribution in [2.75, 3.05) is 13.6 Å². The van der Waals surface area contributed by atoms with Crippen LogP contribution in [0.1, 0.15) is 16.3 Å². The molecule has 0 aliphatic rings. The number of amides is 1. The molecule has 5 nitrogen and oxygen atoms in total. The molecule has 0 fully saturated rings. The molecule has 9 heteroatoms. The van der Waals surface area contributed by atoms with Crippen molar-refractivity contribution < 1.29 is 26.4 Å². The van der Waals surface area contributed by atoms with Crippen molar-refractivity contribution in [2.45, 2.75) is 18.2 Å². The minimum absolute atomic E-state index is 0.0706. The van der Waals surface area contributed by atoms with Crippen molar-refractivity contribution in [1.29, 1.82) is 0 Å². The van der Waals surface area contributed by atoms with E-state index in [0.717, 1.165) is 18.0 Å². The van der Waals surface area contributed by atoms with Crippen LogP contribution in [0.25, 0.3) is 0 Å². The lowest BCUT2D eigenvalue weighted by Gasteiger charge is -2.14. The van der Waals surface area contributed by atoms with Gasteiger partial charge in [0.25, 0.3) is 21.4 Å². The Labute approximate surface area is 107 Å². The fourth-order valence-corrected chi connectivity index (χ4v) is 2.38. The summed E-state index contributed by atoms with van der Waals surface area (Å²) in [6.07, 6.45) is -2.69. The van der Waals surface area contributed by atoms with Crippen molar-refractivity contribution in [1.82, 2.24) is 4.90 Å². The van der Waals surface area contributed by atoms with E-state index in [0.29, 0.717) is 0 Å². The summed E-state index contributed by atoms with van der Waals surface area (Å²) in [5.74, 6) is -1.27. The first-order valence-corrected chi connectivity index (χ1v) is 7.02. The fraction of sp³-hybridized carbons (Fsp3) is 0.444. The van der Waals surface area contributed by atoms with Gasteiger partial charge < -0.3 is 9.32 Å². The van der Waals surface area contributed by atoms with Crippen LogP contribution in [0.5, 0.6) is 0 Å². The van der Waals surface area contributed by atoms with Gasteiger partial charge in [-0.05, 0) is 6.92 Å². The van der Waals surface area contributed by atoms with Crippen LogP contribution in [-0.4, -0.2) is 39.2 Å². The highest BCUT2D eigenvalue weighted by Gasteiger charge is 2.24. The highest BCUT2D eigenvalue weighted by Crippen LogP contribution is 2.24. The molecular formula is C9H10ClF2NO4S. The zero-order chi connectivity index (χ0) is 14.1. The Morgan fingerprint density at radius 2 is 2.11 bits per heavy atom. The van der Waals surface area contributed by atoms with Crippen LogP contribution in [0.2, 0.25) is 0 Å². The Bertz CT molecular complexity index is 555. The summed E-state index contributed by atoms with van der Waals surface area (Å²) in [6, 6.07) is 0.919. The standard InChI is InChI=1S/C9H10ClF2NO4S/c1-5-7(18(10,15)16)3-6(17-5)9(14)13(2)4-8(11)12/h3,8H,4H2,1-2H3. The SMILES string of the molecule is Cc1oc(C(=O)N(C)CC(F)F)cc1S(=O)(=O)Cl. The van der Waals surface area contributed by atoms with Gasteiger partial charge in [-0.1, -0.05) is 0 Å². The summed E-state index contributed by atoms with van der Waals surface area (Å²) in [5, 5.41) is 0. The Kier molecular flexibility index (Phi) is 4.33. The largest absolute Gasteiger partial charge is 0.455 e. The van der Waals surface area contributed by atoms with Crippen LogP contribution in [0.15, 0.2) is 15.4 Å². The average Bonchev–Trinajstić information content (AvgIpc) is 2.57. The summed E-state index contributed by atoms with van der Waals surface area (Å²) in [6.45, 7) is 0.528. The number of hydrogen-bond donors (Lipinski definition) is 0. The van der Waals surface area contributed by atoms with E-state index in [-0.39, 0.29) is 16.4 Å². The summed E-state index contributed by atoms with van der Waals surface area (Å²) in [5.41, 5.74) is 0. The first-order chi connectivity index (χ1) is 8.12. The predicted octanol–water partition coefficient (Wildman–Crippen LogP) is 1.85. The summed E-state index contributed by atoms with van der Waals surface area (Å²) < 4.78 is 51.3. The Morgan fingerprint density at radius 3 is 2.50 bits per heavy atom. The molecule has 0 aliphatic heterocycles. The van der Waals surface area contributed by atoms with Crippen molar-refractivity contribution in [3.8, 4) is 0 Å². The van der Waals surface area contributed by atoms with Gasteiger partial charge in [0.05, 0.1) is 6.54 Å². The minimum Gasteiger partial charge on any atom is -0.455 e. The van der Waals surface area contributed by atoms with Gasteiger partial charge in [0.1, 0.15) is 10.7 Å². The lowest BCUT2D eigenvalue weighted by atomic mass is 10.4. The fourth-order valence-electron chi connectivity index (χ4n) is 1.29. The molecule has 0 atom stereocenters. The lowest BCUT2D eigenvalue weighted by molar-refractivity contribution is 0.0592. The molecule has 0 aliphatic carbocycles. The Hall–Kier alpha value is -1.15. The van der Waals surface area contributed by atoms with E-state index in [1.54, 1.807) is 0 Å². The van der Waals surface area contributed by atoms with Crippen LogP contribution in [0, 0.1) is 6.92 Å². The molecule has 0 bridgehead atoms. The van der Waals surface area contributed by atoms with Gasteiger partial charge in [0.2, 0.25) is 0 Å². The van der Waals surface area contributed by atoms with E-state index in [4.69, 9.17) is 15.1 Å². The van der Waals surface area contributed by atoms with Crippen LogP contribution in [0.3, 0.4) is 0 Å². The van der Waals surface area contributed by atoms with Gasteiger partial charge in [-0.15, -0.1) is 0 Å². The van der Waals surface area contributed by atoms with E-state index >= 15 is 0 Å². The molecular weight excluding hydrogens is 292 g/mol. The quantitative estimate of drug-likeness (QED) is 0.796. The Morgan fingerprint density at radius 1 is 1.56 bits per heavy atom.